The molecule has 2 N–H and O–H groups in total. The zero-order valence-electron chi connectivity index (χ0n) is 11.7. The molecule has 0 saturated carbocycles. The summed E-state index contributed by atoms with van der Waals surface area (Å²) < 4.78 is 0. The Morgan fingerprint density at radius 2 is 1.88 bits per heavy atom. The number of nitrogens with one attached hydrogen (secondary N) is 1. The number of hydrogen-bond donors (Lipinski definition) is 2. The maximum Gasteiger partial charge on any atom is 0.0791 e. The van der Waals surface area contributed by atoms with Crippen LogP contribution in [-0.2, 0) is 0 Å². The van der Waals surface area contributed by atoms with E-state index in [1.54, 1.807) is 0 Å². The molecule has 1 heterocycles. The van der Waals surface area contributed by atoms with Gasteiger partial charge in [0.25, 0.3) is 0 Å². The fraction of sp³-hybridized carbons (Fsp3) is 1.00. The van der Waals surface area contributed by atoms with Crippen LogP contribution in [0.4, 0.5) is 0 Å². The first kappa shape index (κ1) is 14.9. The van der Waals surface area contributed by atoms with Crippen LogP contribution in [0.15, 0.2) is 0 Å². The van der Waals surface area contributed by atoms with E-state index in [0.717, 1.165) is 32.7 Å². The molecule has 1 fully saturated rings. The summed E-state index contributed by atoms with van der Waals surface area (Å²) in [6.07, 6.45) is 0.972. The third kappa shape index (κ3) is 6.99. The Balaban J connectivity index is 2.14. The summed E-state index contributed by atoms with van der Waals surface area (Å²) in [5.74, 6) is 0.647. The van der Waals surface area contributed by atoms with Gasteiger partial charge in [-0.05, 0) is 39.0 Å². The highest BCUT2D eigenvalue weighted by atomic mass is 16.3. The van der Waals surface area contributed by atoms with Crippen LogP contribution in [0.5, 0.6) is 0 Å². The summed E-state index contributed by atoms with van der Waals surface area (Å²) in [5, 5.41) is 13.3. The predicted octanol–water partition coefficient (Wildman–Crippen LogP) is 0.230. The van der Waals surface area contributed by atoms with Crippen molar-refractivity contribution in [3.63, 3.8) is 0 Å². The molecule has 4 nitrogen and oxygen atoms in total. The van der Waals surface area contributed by atoms with Gasteiger partial charge in [0.2, 0.25) is 0 Å². The second-order valence-corrected chi connectivity index (χ2v) is 5.66. The minimum Gasteiger partial charge on any atom is -0.390 e. The molecular formula is C13H29N3O. The predicted molar refractivity (Wildman–Crippen MR) is 72.3 cm³/mol. The van der Waals surface area contributed by atoms with Crippen LogP contribution in [0.25, 0.3) is 0 Å². The van der Waals surface area contributed by atoms with Crippen molar-refractivity contribution in [2.75, 3.05) is 52.9 Å². The SMILES string of the molecule is CC(C)CNCC(O)CN1CCCN(C)CC1. The fourth-order valence-electron chi connectivity index (χ4n) is 2.18. The zero-order chi connectivity index (χ0) is 12.7. The molecule has 1 atom stereocenters. The highest BCUT2D eigenvalue weighted by molar-refractivity contribution is 4.71. The van der Waals surface area contributed by atoms with Crippen LogP contribution in [0.2, 0.25) is 0 Å². The maximum atomic E-state index is 9.95. The lowest BCUT2D eigenvalue weighted by molar-refractivity contribution is 0.113. The van der Waals surface area contributed by atoms with E-state index in [1.807, 2.05) is 0 Å². The standard InChI is InChI=1S/C13H29N3O/c1-12(2)9-14-10-13(17)11-16-6-4-5-15(3)7-8-16/h12-14,17H,4-11H2,1-3H3. The van der Waals surface area contributed by atoms with E-state index in [-0.39, 0.29) is 6.10 Å². The normalized spacial score (nSPS) is 21.7. The average molecular weight is 243 g/mol. The number of aliphatic hydroxyl groups is 1. The second kappa shape index (κ2) is 8.03. The van der Waals surface area contributed by atoms with E-state index in [4.69, 9.17) is 0 Å². The Hall–Kier alpha value is -0.160. The minimum atomic E-state index is -0.239. The summed E-state index contributed by atoms with van der Waals surface area (Å²) >= 11 is 0. The Kier molecular flexibility index (Phi) is 7.04. The molecule has 0 aromatic rings. The van der Waals surface area contributed by atoms with Crippen molar-refractivity contribution in [1.82, 2.24) is 15.1 Å². The molecule has 0 spiro atoms. The van der Waals surface area contributed by atoms with Crippen LogP contribution in [0.3, 0.4) is 0 Å². The van der Waals surface area contributed by atoms with Crippen LogP contribution < -0.4 is 5.32 Å². The lowest BCUT2D eigenvalue weighted by Gasteiger charge is -2.23. The molecule has 4 heteroatoms. The Bertz CT molecular complexity index is 199. The molecule has 1 saturated heterocycles. The van der Waals surface area contributed by atoms with E-state index >= 15 is 0 Å². The van der Waals surface area contributed by atoms with Crippen molar-refractivity contribution in [1.29, 1.82) is 0 Å². The molecule has 0 radical (unpaired) electrons. The molecule has 1 rings (SSSR count). The van der Waals surface area contributed by atoms with Crippen molar-refractivity contribution in [3.8, 4) is 0 Å². The zero-order valence-corrected chi connectivity index (χ0v) is 11.7. The van der Waals surface area contributed by atoms with Gasteiger partial charge in [-0.2, -0.15) is 0 Å². The van der Waals surface area contributed by atoms with Gasteiger partial charge in [0.1, 0.15) is 0 Å². The third-order valence-electron chi connectivity index (χ3n) is 3.21. The van der Waals surface area contributed by atoms with E-state index in [1.165, 1.54) is 13.0 Å². The minimum absolute atomic E-state index is 0.239. The van der Waals surface area contributed by atoms with Crippen LogP contribution in [-0.4, -0.2) is 73.9 Å². The van der Waals surface area contributed by atoms with Crippen LogP contribution in [0, 0.1) is 5.92 Å². The Morgan fingerprint density at radius 1 is 1.12 bits per heavy atom. The third-order valence-corrected chi connectivity index (χ3v) is 3.21. The van der Waals surface area contributed by atoms with Crippen molar-refractivity contribution in [2.24, 2.45) is 5.92 Å². The lowest BCUT2D eigenvalue weighted by Crippen LogP contribution is -2.40. The maximum absolute atomic E-state index is 9.95. The molecule has 0 aromatic carbocycles. The molecule has 1 unspecified atom stereocenters. The molecule has 1 aliphatic rings. The first-order chi connectivity index (χ1) is 8.08. The van der Waals surface area contributed by atoms with Gasteiger partial charge in [-0.1, -0.05) is 13.8 Å². The fourth-order valence-corrected chi connectivity index (χ4v) is 2.18. The van der Waals surface area contributed by atoms with Crippen molar-refractivity contribution >= 4 is 0 Å². The molecule has 0 bridgehead atoms. The van der Waals surface area contributed by atoms with E-state index in [0.29, 0.717) is 12.5 Å². The molecule has 0 aliphatic carbocycles. The first-order valence-electron chi connectivity index (χ1n) is 6.87. The number of likely N-dealkylation sites (N-methyl/N-ethyl adjacent to an activating group) is 1. The summed E-state index contributed by atoms with van der Waals surface area (Å²) in [6, 6.07) is 0. The molecule has 102 valence electrons. The number of aliphatic hydroxyl groups excluding tert-OH is 1. The number of nitrogens with zero attached hydrogens (tertiary/aromatic N) is 2. The van der Waals surface area contributed by atoms with Crippen molar-refractivity contribution in [2.45, 2.75) is 26.4 Å². The van der Waals surface area contributed by atoms with Crippen LogP contribution >= 0.6 is 0 Å². The smallest absolute Gasteiger partial charge is 0.0791 e. The topological polar surface area (TPSA) is 38.7 Å². The Morgan fingerprint density at radius 3 is 2.59 bits per heavy atom. The highest BCUT2D eigenvalue weighted by Crippen LogP contribution is 2.02. The van der Waals surface area contributed by atoms with Gasteiger partial charge in [0.15, 0.2) is 0 Å². The van der Waals surface area contributed by atoms with E-state index < -0.39 is 0 Å². The number of rotatable bonds is 6. The number of hydrogen-bond acceptors (Lipinski definition) is 4. The second-order valence-electron chi connectivity index (χ2n) is 5.66. The van der Waals surface area contributed by atoms with Gasteiger partial charge >= 0.3 is 0 Å². The Labute approximate surface area is 106 Å². The highest BCUT2D eigenvalue weighted by Gasteiger charge is 2.15. The lowest BCUT2D eigenvalue weighted by atomic mass is 10.2. The molecule has 1 aliphatic heterocycles. The largest absolute Gasteiger partial charge is 0.390 e. The molecule has 0 aromatic heterocycles. The van der Waals surface area contributed by atoms with E-state index in [2.05, 4.69) is 36.0 Å². The van der Waals surface area contributed by atoms with Crippen molar-refractivity contribution in [3.05, 3.63) is 0 Å². The molecule has 17 heavy (non-hydrogen) atoms. The monoisotopic (exact) mass is 243 g/mol. The molecule has 0 amide bonds. The summed E-state index contributed by atoms with van der Waals surface area (Å²) in [6.45, 7) is 11.4. The quantitative estimate of drug-likeness (QED) is 0.700. The van der Waals surface area contributed by atoms with E-state index in [9.17, 15) is 5.11 Å². The van der Waals surface area contributed by atoms with Gasteiger partial charge in [0.05, 0.1) is 6.10 Å². The van der Waals surface area contributed by atoms with Gasteiger partial charge in [-0.25, -0.2) is 0 Å². The van der Waals surface area contributed by atoms with Gasteiger partial charge in [-0.3, -0.25) is 4.90 Å². The summed E-state index contributed by atoms with van der Waals surface area (Å²) in [5.41, 5.74) is 0. The van der Waals surface area contributed by atoms with Gasteiger partial charge in [0, 0.05) is 26.2 Å². The summed E-state index contributed by atoms with van der Waals surface area (Å²) in [7, 11) is 2.17. The van der Waals surface area contributed by atoms with Gasteiger partial charge in [-0.15, -0.1) is 0 Å². The average Bonchev–Trinajstić information content (AvgIpc) is 2.43. The number of β-amino-alcohol motifs (C(OH)–C–C–N with tert-alkyl or cyclic N) is 1. The van der Waals surface area contributed by atoms with Gasteiger partial charge < -0.3 is 15.3 Å². The van der Waals surface area contributed by atoms with Crippen LogP contribution in [0.1, 0.15) is 20.3 Å². The first-order valence-corrected chi connectivity index (χ1v) is 6.87. The summed E-state index contributed by atoms with van der Waals surface area (Å²) in [4.78, 5) is 4.74. The van der Waals surface area contributed by atoms with Crippen molar-refractivity contribution < 1.29 is 5.11 Å². The molecular weight excluding hydrogens is 214 g/mol.